The van der Waals surface area contributed by atoms with Crippen LogP contribution < -0.4 is 20.4 Å². The molecule has 2 unspecified atom stereocenters. The van der Waals surface area contributed by atoms with E-state index in [1.54, 1.807) is 13.0 Å². The first-order chi connectivity index (χ1) is 13.9. The van der Waals surface area contributed by atoms with Crippen LogP contribution in [0, 0.1) is 18.7 Å². The molecule has 29 heavy (non-hydrogen) atoms. The largest absolute Gasteiger partial charge is 0.511 e. The van der Waals surface area contributed by atoms with Gasteiger partial charge in [-0.2, -0.15) is 0 Å². The second-order valence-electron chi connectivity index (χ2n) is 8.43. The number of halogens is 1. The molecule has 2 N–H and O–H groups in total. The number of ether oxygens (including phenoxy) is 1. The molecule has 7 nitrogen and oxygen atoms in total. The Morgan fingerprint density at radius 2 is 2.10 bits per heavy atom. The van der Waals surface area contributed by atoms with E-state index in [9.17, 15) is 9.59 Å². The van der Waals surface area contributed by atoms with Crippen molar-refractivity contribution in [3.8, 4) is 5.75 Å². The lowest BCUT2D eigenvalue weighted by Gasteiger charge is -2.24. The number of aromatic nitrogens is 1. The van der Waals surface area contributed by atoms with Crippen molar-refractivity contribution < 1.29 is 19.0 Å². The number of carboxylic acid groups (broad SMARTS) is 1. The highest BCUT2D eigenvalue weighted by Gasteiger charge is 2.36. The first kappa shape index (κ1) is 18.4. The molecule has 1 aromatic heterocycles. The Morgan fingerprint density at radius 3 is 2.79 bits per heavy atom. The van der Waals surface area contributed by atoms with E-state index in [0.717, 1.165) is 45.3 Å². The van der Waals surface area contributed by atoms with Crippen molar-refractivity contribution in [3.63, 3.8) is 0 Å². The molecule has 8 heteroatoms. The fourth-order valence-corrected chi connectivity index (χ4v) is 4.92. The fourth-order valence-electron chi connectivity index (χ4n) is 4.92. The molecule has 0 spiro atoms. The Kier molecular flexibility index (Phi) is 4.27. The van der Waals surface area contributed by atoms with E-state index in [1.807, 2.05) is 4.57 Å². The summed E-state index contributed by atoms with van der Waals surface area (Å²) in [6, 6.07) is 2.31. The fraction of sp³-hybridized carbons (Fsp3) is 0.524. The molecule has 2 saturated heterocycles. The number of carbonyl (C=O) groups is 1. The number of rotatable bonds is 3. The Morgan fingerprint density at radius 1 is 1.31 bits per heavy atom. The second kappa shape index (κ2) is 6.73. The van der Waals surface area contributed by atoms with Crippen LogP contribution in [-0.4, -0.2) is 41.5 Å². The van der Waals surface area contributed by atoms with Gasteiger partial charge in [-0.1, -0.05) is 0 Å². The van der Waals surface area contributed by atoms with Crippen LogP contribution in [-0.2, 0) is 0 Å². The lowest BCUT2D eigenvalue weighted by molar-refractivity contribution is 0.143. The number of nitrogens with one attached hydrogen (secondary N) is 1. The SMILES string of the molecule is Cc1c(F)c(N2CC3CCCNC3C2)cc2c1c(=O)c(OC(=O)O)cn2C1CC1. The van der Waals surface area contributed by atoms with Gasteiger partial charge in [0.25, 0.3) is 0 Å². The van der Waals surface area contributed by atoms with Gasteiger partial charge in [0.1, 0.15) is 5.82 Å². The van der Waals surface area contributed by atoms with Gasteiger partial charge in [-0.25, -0.2) is 9.18 Å². The number of pyridine rings is 1. The van der Waals surface area contributed by atoms with Crippen LogP contribution in [0.1, 0.15) is 37.3 Å². The van der Waals surface area contributed by atoms with Gasteiger partial charge in [0.2, 0.25) is 5.43 Å². The summed E-state index contributed by atoms with van der Waals surface area (Å²) in [4.78, 5) is 26.0. The average molecular weight is 401 g/mol. The number of fused-ring (bicyclic) bond motifs is 2. The van der Waals surface area contributed by atoms with Gasteiger partial charge in [0.05, 0.1) is 22.8 Å². The number of hydrogen-bond donors (Lipinski definition) is 2. The van der Waals surface area contributed by atoms with Gasteiger partial charge in [-0.05, 0) is 51.1 Å². The maximum atomic E-state index is 15.4. The van der Waals surface area contributed by atoms with E-state index in [-0.39, 0.29) is 22.7 Å². The monoisotopic (exact) mass is 401 g/mol. The highest BCUT2D eigenvalue weighted by Crippen LogP contribution is 2.40. The molecule has 3 aliphatic rings. The molecule has 0 amide bonds. The van der Waals surface area contributed by atoms with Gasteiger partial charge in [-0.3, -0.25) is 4.79 Å². The van der Waals surface area contributed by atoms with Gasteiger partial charge < -0.3 is 24.6 Å². The zero-order chi connectivity index (χ0) is 20.3. The first-order valence-corrected chi connectivity index (χ1v) is 10.2. The van der Waals surface area contributed by atoms with Crippen LogP contribution in [0.15, 0.2) is 17.1 Å². The quantitative estimate of drug-likeness (QED) is 0.770. The second-order valence-corrected chi connectivity index (χ2v) is 8.43. The van der Waals surface area contributed by atoms with Crippen molar-refractivity contribution in [2.24, 2.45) is 5.92 Å². The number of piperidine rings is 1. The highest BCUT2D eigenvalue weighted by atomic mass is 19.1. The van der Waals surface area contributed by atoms with E-state index in [1.165, 1.54) is 6.20 Å². The number of aryl methyl sites for hydroxylation is 1. The lowest BCUT2D eigenvalue weighted by atomic mass is 9.94. The molecule has 1 aromatic carbocycles. The number of benzene rings is 1. The van der Waals surface area contributed by atoms with Crippen LogP contribution in [0.3, 0.4) is 0 Å². The summed E-state index contributed by atoms with van der Waals surface area (Å²) >= 11 is 0. The topological polar surface area (TPSA) is 83.8 Å². The van der Waals surface area contributed by atoms with Crippen LogP contribution >= 0.6 is 0 Å². The lowest BCUT2D eigenvalue weighted by Crippen LogP contribution is -2.40. The van der Waals surface area contributed by atoms with Crippen molar-refractivity contribution >= 4 is 22.7 Å². The third-order valence-electron chi connectivity index (χ3n) is 6.52. The minimum Gasteiger partial charge on any atom is -0.449 e. The minimum atomic E-state index is -1.55. The van der Waals surface area contributed by atoms with E-state index >= 15 is 4.39 Å². The Hall–Kier alpha value is -2.61. The first-order valence-electron chi connectivity index (χ1n) is 10.2. The molecule has 0 radical (unpaired) electrons. The van der Waals surface area contributed by atoms with Crippen molar-refractivity contribution in [1.29, 1.82) is 0 Å². The van der Waals surface area contributed by atoms with Gasteiger partial charge in [0.15, 0.2) is 5.75 Å². The van der Waals surface area contributed by atoms with Crippen LogP contribution in [0.2, 0.25) is 0 Å². The maximum Gasteiger partial charge on any atom is 0.511 e. The summed E-state index contributed by atoms with van der Waals surface area (Å²) in [5.41, 5.74) is 0.827. The summed E-state index contributed by atoms with van der Waals surface area (Å²) in [6.07, 6.45) is 4.07. The van der Waals surface area contributed by atoms with Gasteiger partial charge in [0, 0.05) is 30.7 Å². The highest BCUT2D eigenvalue weighted by molar-refractivity contribution is 5.88. The third-order valence-corrected chi connectivity index (χ3v) is 6.52. The third kappa shape index (κ3) is 3.06. The summed E-state index contributed by atoms with van der Waals surface area (Å²) in [6.45, 7) is 4.14. The standard InChI is InChI=1S/C21H24FN3O4/c1-11-18-15(25(13-4-5-13)10-17(20(18)26)29-21(27)28)7-16(19(11)22)24-8-12-3-2-6-23-14(12)9-24/h7,10,12-14,23H,2-6,8-9H2,1H3,(H,27,28). The van der Waals surface area contributed by atoms with Crippen molar-refractivity contribution in [3.05, 3.63) is 33.9 Å². The van der Waals surface area contributed by atoms with Gasteiger partial charge >= 0.3 is 6.16 Å². The van der Waals surface area contributed by atoms with Crippen molar-refractivity contribution in [2.75, 3.05) is 24.5 Å². The predicted octanol–water partition coefficient (Wildman–Crippen LogP) is 3.03. The van der Waals surface area contributed by atoms with E-state index < -0.39 is 17.4 Å². The summed E-state index contributed by atoms with van der Waals surface area (Å²) in [5, 5.41) is 12.7. The Labute approximate surface area is 167 Å². The van der Waals surface area contributed by atoms with Crippen molar-refractivity contribution in [1.82, 2.24) is 9.88 Å². The number of hydrogen-bond acceptors (Lipinski definition) is 5. The van der Waals surface area contributed by atoms with E-state index in [0.29, 0.717) is 23.2 Å². The van der Waals surface area contributed by atoms with Crippen LogP contribution in [0.5, 0.6) is 5.75 Å². The molecule has 2 aromatic rings. The molecule has 0 bridgehead atoms. The maximum absolute atomic E-state index is 15.4. The number of anilines is 1. The number of nitrogens with zero attached hydrogens (tertiary/aromatic N) is 2. The molecule has 1 saturated carbocycles. The molecule has 1 aliphatic carbocycles. The molecular weight excluding hydrogens is 377 g/mol. The molecule has 3 heterocycles. The Bertz CT molecular complexity index is 1050. The van der Waals surface area contributed by atoms with Crippen LogP contribution in [0.4, 0.5) is 14.9 Å². The van der Waals surface area contributed by atoms with Crippen molar-refractivity contribution in [2.45, 2.75) is 44.7 Å². The molecule has 2 atom stereocenters. The van der Waals surface area contributed by atoms with Crippen LogP contribution in [0.25, 0.3) is 10.9 Å². The zero-order valence-corrected chi connectivity index (χ0v) is 16.3. The van der Waals surface area contributed by atoms with Gasteiger partial charge in [-0.15, -0.1) is 0 Å². The summed E-state index contributed by atoms with van der Waals surface area (Å²) in [5.74, 6) is -0.178. The normalized spacial score (nSPS) is 24.0. The minimum absolute atomic E-state index is 0.176. The molecule has 154 valence electrons. The zero-order valence-electron chi connectivity index (χ0n) is 16.3. The molecule has 5 rings (SSSR count). The average Bonchev–Trinajstić information content (AvgIpc) is 3.44. The molecule has 3 fully saturated rings. The summed E-state index contributed by atoms with van der Waals surface area (Å²) < 4.78 is 22.0. The Balaban J connectivity index is 1.66. The molecule has 2 aliphatic heterocycles. The predicted molar refractivity (Wildman–Crippen MR) is 107 cm³/mol. The smallest absolute Gasteiger partial charge is 0.449 e. The summed E-state index contributed by atoms with van der Waals surface area (Å²) in [7, 11) is 0. The molecular formula is C21H24FN3O4. The van der Waals surface area contributed by atoms with E-state index in [2.05, 4.69) is 10.2 Å². The van der Waals surface area contributed by atoms with E-state index in [4.69, 9.17) is 9.84 Å².